The summed E-state index contributed by atoms with van der Waals surface area (Å²) in [5, 5.41) is 3.33. The van der Waals surface area contributed by atoms with Gasteiger partial charge in [-0.15, -0.1) is 0 Å². The Balaban J connectivity index is 1.81. The number of hydrogen-bond donors (Lipinski definition) is 1. The lowest BCUT2D eigenvalue weighted by Crippen LogP contribution is -2.34. The third kappa shape index (κ3) is 5.41. The molecule has 23 heavy (non-hydrogen) atoms. The fraction of sp³-hybridized carbons (Fsp3) is 0.188. The number of rotatable bonds is 5. The smallest absolute Gasteiger partial charge is 0.321 e. The van der Waals surface area contributed by atoms with Gasteiger partial charge in [-0.1, -0.05) is 11.6 Å². The van der Waals surface area contributed by atoms with Gasteiger partial charge in [-0.2, -0.15) is 0 Å². The maximum absolute atomic E-state index is 13.0. The van der Waals surface area contributed by atoms with E-state index in [1.54, 1.807) is 31.3 Å². The van der Waals surface area contributed by atoms with E-state index < -0.39 is 0 Å². The summed E-state index contributed by atoms with van der Waals surface area (Å²) < 4.78 is 19.0. The van der Waals surface area contributed by atoms with Crippen LogP contribution in [-0.2, 0) is 0 Å². The molecule has 0 fully saturated rings. The van der Waals surface area contributed by atoms with Crippen LogP contribution < -0.4 is 10.1 Å². The van der Waals surface area contributed by atoms with Crippen LogP contribution in [0.4, 0.5) is 14.9 Å². The molecule has 4 nitrogen and oxygen atoms in total. The number of halogens is 3. The Labute approximate surface area is 147 Å². The van der Waals surface area contributed by atoms with Gasteiger partial charge in [-0.3, -0.25) is 0 Å². The second-order valence-corrected chi connectivity index (χ2v) is 6.07. The van der Waals surface area contributed by atoms with Crippen molar-refractivity contribution in [1.82, 2.24) is 4.90 Å². The molecule has 0 atom stereocenters. The van der Waals surface area contributed by atoms with Gasteiger partial charge in [-0.25, -0.2) is 9.18 Å². The average molecular weight is 402 g/mol. The van der Waals surface area contributed by atoms with E-state index in [9.17, 15) is 9.18 Å². The maximum atomic E-state index is 13.0. The molecule has 0 spiro atoms. The van der Waals surface area contributed by atoms with Crippen molar-refractivity contribution in [2.75, 3.05) is 25.5 Å². The molecule has 2 aromatic rings. The molecule has 0 aliphatic rings. The van der Waals surface area contributed by atoms with E-state index in [0.29, 0.717) is 34.1 Å². The van der Waals surface area contributed by atoms with Gasteiger partial charge in [0.2, 0.25) is 0 Å². The van der Waals surface area contributed by atoms with Crippen LogP contribution in [0.5, 0.6) is 5.75 Å². The van der Waals surface area contributed by atoms with Gasteiger partial charge in [-0.05, 0) is 58.4 Å². The van der Waals surface area contributed by atoms with E-state index in [-0.39, 0.29) is 11.8 Å². The zero-order chi connectivity index (χ0) is 16.8. The third-order valence-corrected chi connectivity index (χ3v) is 3.94. The number of benzene rings is 2. The maximum Gasteiger partial charge on any atom is 0.321 e. The lowest BCUT2D eigenvalue weighted by molar-refractivity contribution is 0.207. The van der Waals surface area contributed by atoms with Gasteiger partial charge in [0, 0.05) is 16.5 Å². The summed E-state index contributed by atoms with van der Waals surface area (Å²) in [4.78, 5) is 13.5. The lowest BCUT2D eigenvalue weighted by Gasteiger charge is -2.18. The molecule has 0 aliphatic carbocycles. The van der Waals surface area contributed by atoms with Crippen LogP contribution in [0.2, 0.25) is 5.02 Å². The second kappa shape index (κ2) is 8.17. The van der Waals surface area contributed by atoms with E-state index in [0.717, 1.165) is 0 Å². The van der Waals surface area contributed by atoms with Gasteiger partial charge in [0.1, 0.15) is 18.2 Å². The Hall–Kier alpha value is -1.79. The standard InChI is InChI=1S/C16H15BrClFN2O2/c1-21(8-9-23-13-5-2-11(18)3-6-13)16(22)20-15-7-4-12(19)10-14(15)17/h2-7,10H,8-9H2,1H3,(H,20,22). The average Bonchev–Trinajstić information content (AvgIpc) is 2.51. The van der Waals surface area contributed by atoms with Gasteiger partial charge < -0.3 is 15.0 Å². The van der Waals surface area contributed by atoms with Crippen LogP contribution in [0.1, 0.15) is 0 Å². The summed E-state index contributed by atoms with van der Waals surface area (Å²) in [6, 6.07) is 10.8. The van der Waals surface area contributed by atoms with Crippen molar-refractivity contribution in [3.05, 3.63) is 57.8 Å². The number of hydrogen-bond acceptors (Lipinski definition) is 2. The van der Waals surface area contributed by atoms with Crippen molar-refractivity contribution in [1.29, 1.82) is 0 Å². The first-order valence-electron chi connectivity index (χ1n) is 6.81. The molecule has 2 rings (SSSR count). The number of nitrogens with zero attached hydrogens (tertiary/aromatic N) is 1. The third-order valence-electron chi connectivity index (χ3n) is 3.03. The molecular formula is C16H15BrClFN2O2. The molecule has 122 valence electrons. The Bertz CT molecular complexity index is 682. The van der Waals surface area contributed by atoms with Crippen LogP contribution >= 0.6 is 27.5 Å². The van der Waals surface area contributed by atoms with Crippen molar-refractivity contribution in [2.24, 2.45) is 0 Å². The summed E-state index contributed by atoms with van der Waals surface area (Å²) in [5.74, 6) is 0.309. The van der Waals surface area contributed by atoms with E-state index in [1.165, 1.54) is 23.1 Å². The van der Waals surface area contributed by atoms with Crippen LogP contribution in [0, 0.1) is 5.82 Å². The number of ether oxygens (including phenoxy) is 1. The minimum atomic E-state index is -0.375. The molecule has 0 radical (unpaired) electrons. The summed E-state index contributed by atoms with van der Waals surface area (Å²) in [7, 11) is 1.65. The molecule has 0 saturated heterocycles. The molecule has 0 bridgehead atoms. The quantitative estimate of drug-likeness (QED) is 0.783. The molecule has 0 aliphatic heterocycles. The largest absolute Gasteiger partial charge is 0.492 e. The first kappa shape index (κ1) is 17.6. The van der Waals surface area contributed by atoms with E-state index in [1.807, 2.05) is 0 Å². The van der Waals surface area contributed by atoms with Crippen LogP contribution in [0.3, 0.4) is 0 Å². The van der Waals surface area contributed by atoms with Crippen molar-refractivity contribution in [2.45, 2.75) is 0 Å². The molecule has 7 heteroatoms. The van der Waals surface area contributed by atoms with Gasteiger partial charge >= 0.3 is 6.03 Å². The highest BCUT2D eigenvalue weighted by atomic mass is 79.9. The number of anilines is 1. The molecule has 1 N–H and O–H groups in total. The van der Waals surface area contributed by atoms with Gasteiger partial charge in [0.15, 0.2) is 0 Å². The predicted octanol–water partition coefficient (Wildman–Crippen LogP) is 4.78. The highest BCUT2D eigenvalue weighted by Crippen LogP contribution is 2.23. The van der Waals surface area contributed by atoms with Crippen LogP contribution in [0.15, 0.2) is 46.9 Å². The second-order valence-electron chi connectivity index (χ2n) is 4.78. The normalized spacial score (nSPS) is 10.3. The summed E-state index contributed by atoms with van der Waals surface area (Å²) >= 11 is 9.00. The molecular weight excluding hydrogens is 387 g/mol. The predicted molar refractivity (Wildman–Crippen MR) is 92.7 cm³/mol. The Kier molecular flexibility index (Phi) is 6.24. The number of likely N-dealkylation sites (N-methyl/N-ethyl adjacent to an activating group) is 1. The molecule has 2 amide bonds. The number of carbonyl (C=O) groups is 1. The number of carbonyl (C=O) groups excluding carboxylic acids is 1. The van der Waals surface area contributed by atoms with Crippen molar-refractivity contribution in [3.8, 4) is 5.75 Å². The molecule has 2 aromatic carbocycles. The fourth-order valence-electron chi connectivity index (χ4n) is 1.73. The summed E-state index contributed by atoms with van der Waals surface area (Å²) in [5.41, 5.74) is 0.502. The van der Waals surface area contributed by atoms with Crippen LogP contribution in [-0.4, -0.2) is 31.1 Å². The monoisotopic (exact) mass is 400 g/mol. The minimum absolute atomic E-state index is 0.308. The molecule has 0 saturated carbocycles. The zero-order valence-corrected chi connectivity index (χ0v) is 14.7. The first-order valence-corrected chi connectivity index (χ1v) is 7.98. The van der Waals surface area contributed by atoms with Gasteiger partial charge in [0.05, 0.1) is 12.2 Å². The summed E-state index contributed by atoms with van der Waals surface area (Å²) in [6.07, 6.45) is 0. The number of amides is 2. The number of urea groups is 1. The Morgan fingerprint density at radius 1 is 1.30 bits per heavy atom. The molecule has 0 heterocycles. The fourth-order valence-corrected chi connectivity index (χ4v) is 2.31. The first-order chi connectivity index (χ1) is 11.0. The SMILES string of the molecule is CN(CCOc1ccc(Cl)cc1)C(=O)Nc1ccc(F)cc1Br. The van der Waals surface area contributed by atoms with Crippen LogP contribution in [0.25, 0.3) is 0 Å². The van der Waals surface area contributed by atoms with Crippen molar-refractivity contribution >= 4 is 39.2 Å². The summed E-state index contributed by atoms with van der Waals surface area (Å²) in [6.45, 7) is 0.739. The topological polar surface area (TPSA) is 41.6 Å². The van der Waals surface area contributed by atoms with Crippen molar-refractivity contribution in [3.63, 3.8) is 0 Å². The molecule has 0 aromatic heterocycles. The Morgan fingerprint density at radius 2 is 2.00 bits per heavy atom. The highest BCUT2D eigenvalue weighted by molar-refractivity contribution is 9.10. The van der Waals surface area contributed by atoms with E-state index in [4.69, 9.17) is 16.3 Å². The highest BCUT2D eigenvalue weighted by Gasteiger charge is 2.11. The number of nitrogens with one attached hydrogen (secondary N) is 1. The van der Waals surface area contributed by atoms with Gasteiger partial charge in [0.25, 0.3) is 0 Å². The Morgan fingerprint density at radius 3 is 2.65 bits per heavy atom. The van der Waals surface area contributed by atoms with Crippen molar-refractivity contribution < 1.29 is 13.9 Å². The lowest BCUT2D eigenvalue weighted by atomic mass is 10.3. The molecule has 0 unspecified atom stereocenters. The minimum Gasteiger partial charge on any atom is -0.492 e. The zero-order valence-electron chi connectivity index (χ0n) is 12.4. The van der Waals surface area contributed by atoms with E-state index in [2.05, 4.69) is 21.2 Å². The van der Waals surface area contributed by atoms with E-state index >= 15 is 0 Å².